The number of benzene rings is 1. The van der Waals surface area contributed by atoms with E-state index in [2.05, 4.69) is 10.3 Å². The predicted octanol–water partition coefficient (Wildman–Crippen LogP) is 3.41. The molecule has 1 aromatic heterocycles. The summed E-state index contributed by atoms with van der Waals surface area (Å²) in [5.74, 6) is -2.49. The normalized spacial score (nSPS) is 19.9. The zero-order valence-corrected chi connectivity index (χ0v) is 18.6. The van der Waals surface area contributed by atoms with Crippen LogP contribution >= 0.6 is 0 Å². The van der Waals surface area contributed by atoms with Crippen LogP contribution in [0.3, 0.4) is 0 Å². The lowest BCUT2D eigenvalue weighted by molar-refractivity contribution is -0.187. The van der Waals surface area contributed by atoms with E-state index in [1.54, 1.807) is 13.8 Å². The van der Waals surface area contributed by atoms with Crippen LogP contribution in [0.25, 0.3) is 10.9 Å². The standard InChI is InChI=1S/C21H26F3N3O4S/c1-3-27(4-2)32(30,31)13-9-10-17-14(11-13)15(12-19(28)25-17)20(29)26-18-8-6-5-7-16(18)21(22,23)24/h9-12,16,18H,3-8H2,1-2H3,(H,25,28)(H,26,29). The van der Waals surface area contributed by atoms with Gasteiger partial charge in [-0.2, -0.15) is 17.5 Å². The average molecular weight is 474 g/mol. The van der Waals surface area contributed by atoms with Gasteiger partial charge in [-0.1, -0.05) is 26.7 Å². The number of alkyl halides is 3. The first-order chi connectivity index (χ1) is 15.0. The number of pyridine rings is 1. The van der Waals surface area contributed by atoms with Gasteiger partial charge in [0.05, 0.1) is 16.4 Å². The fourth-order valence-electron chi connectivity index (χ4n) is 4.24. The lowest BCUT2D eigenvalue weighted by atomic mass is 9.84. The van der Waals surface area contributed by atoms with Crippen LogP contribution in [0.1, 0.15) is 49.9 Å². The van der Waals surface area contributed by atoms with E-state index in [1.807, 2.05) is 0 Å². The molecule has 7 nitrogen and oxygen atoms in total. The smallest absolute Gasteiger partial charge is 0.349 e. The predicted molar refractivity (Wildman–Crippen MR) is 114 cm³/mol. The maximum Gasteiger partial charge on any atom is 0.393 e. The molecule has 1 saturated carbocycles. The van der Waals surface area contributed by atoms with Gasteiger partial charge in [0.25, 0.3) is 5.91 Å². The van der Waals surface area contributed by atoms with Crippen LogP contribution in [0.2, 0.25) is 0 Å². The quantitative estimate of drug-likeness (QED) is 0.672. The largest absolute Gasteiger partial charge is 0.393 e. The highest BCUT2D eigenvalue weighted by molar-refractivity contribution is 7.89. The van der Waals surface area contributed by atoms with Crippen molar-refractivity contribution in [1.29, 1.82) is 0 Å². The van der Waals surface area contributed by atoms with Crippen molar-refractivity contribution in [3.63, 3.8) is 0 Å². The van der Waals surface area contributed by atoms with Gasteiger partial charge in [0.1, 0.15) is 0 Å². The third-order valence-electron chi connectivity index (χ3n) is 5.91. The SMILES string of the molecule is CCN(CC)S(=O)(=O)c1ccc2[nH]c(=O)cc(C(=O)NC3CCCCC3C(F)(F)F)c2c1. The molecule has 1 fully saturated rings. The monoisotopic (exact) mass is 473 g/mol. The van der Waals surface area contributed by atoms with Gasteiger partial charge in [-0.15, -0.1) is 0 Å². The molecular weight excluding hydrogens is 447 g/mol. The first-order valence-electron chi connectivity index (χ1n) is 10.5. The van der Waals surface area contributed by atoms with Crippen molar-refractivity contribution in [2.75, 3.05) is 13.1 Å². The maximum absolute atomic E-state index is 13.4. The number of amides is 1. The van der Waals surface area contributed by atoms with E-state index < -0.39 is 39.6 Å². The molecule has 0 aliphatic heterocycles. The summed E-state index contributed by atoms with van der Waals surface area (Å²) in [4.78, 5) is 27.5. The van der Waals surface area contributed by atoms with Gasteiger partial charge in [0.15, 0.2) is 0 Å². The fourth-order valence-corrected chi connectivity index (χ4v) is 5.72. The Hall–Kier alpha value is -2.40. The molecule has 0 saturated heterocycles. The van der Waals surface area contributed by atoms with Crippen molar-refractivity contribution in [2.24, 2.45) is 5.92 Å². The number of aromatic nitrogens is 1. The van der Waals surface area contributed by atoms with Gasteiger partial charge in [-0.3, -0.25) is 9.59 Å². The van der Waals surface area contributed by atoms with Crippen LogP contribution in [0.4, 0.5) is 13.2 Å². The number of H-pyrrole nitrogens is 1. The second kappa shape index (κ2) is 9.22. The molecular formula is C21H26F3N3O4S. The maximum atomic E-state index is 13.4. The molecule has 176 valence electrons. The number of sulfonamides is 1. The third kappa shape index (κ3) is 4.83. The van der Waals surface area contributed by atoms with Crippen LogP contribution in [0.15, 0.2) is 34.0 Å². The van der Waals surface area contributed by atoms with E-state index in [0.29, 0.717) is 12.8 Å². The molecule has 3 rings (SSSR count). The van der Waals surface area contributed by atoms with E-state index >= 15 is 0 Å². The van der Waals surface area contributed by atoms with Gasteiger partial charge in [-0.25, -0.2) is 8.42 Å². The van der Waals surface area contributed by atoms with Crippen molar-refractivity contribution < 1.29 is 26.4 Å². The molecule has 2 unspecified atom stereocenters. The van der Waals surface area contributed by atoms with Crippen molar-refractivity contribution >= 4 is 26.8 Å². The van der Waals surface area contributed by atoms with E-state index in [4.69, 9.17) is 0 Å². The van der Waals surface area contributed by atoms with Gasteiger partial charge < -0.3 is 10.3 Å². The molecule has 0 radical (unpaired) electrons. The van der Waals surface area contributed by atoms with E-state index in [-0.39, 0.29) is 47.3 Å². The zero-order chi connectivity index (χ0) is 23.7. The van der Waals surface area contributed by atoms with Crippen molar-refractivity contribution in [3.05, 3.63) is 40.2 Å². The topological polar surface area (TPSA) is 99.3 Å². The van der Waals surface area contributed by atoms with Crippen LogP contribution in [-0.2, 0) is 10.0 Å². The molecule has 0 bridgehead atoms. The Morgan fingerprint density at radius 2 is 1.81 bits per heavy atom. The van der Waals surface area contributed by atoms with Crippen molar-refractivity contribution in [1.82, 2.24) is 14.6 Å². The number of aromatic amines is 1. The van der Waals surface area contributed by atoms with Gasteiger partial charge in [-0.05, 0) is 31.0 Å². The first-order valence-corrected chi connectivity index (χ1v) is 12.0. The number of hydrogen-bond acceptors (Lipinski definition) is 4. The molecule has 1 amide bonds. The second-order valence-corrected chi connectivity index (χ2v) is 9.79. The Balaban J connectivity index is 2.03. The van der Waals surface area contributed by atoms with Gasteiger partial charge >= 0.3 is 6.18 Å². The molecule has 1 heterocycles. The molecule has 32 heavy (non-hydrogen) atoms. The summed E-state index contributed by atoms with van der Waals surface area (Å²) in [5, 5.41) is 2.59. The van der Waals surface area contributed by atoms with E-state index in [9.17, 15) is 31.2 Å². The van der Waals surface area contributed by atoms with Crippen LogP contribution in [0.5, 0.6) is 0 Å². The highest BCUT2D eigenvalue weighted by atomic mass is 32.2. The lowest BCUT2D eigenvalue weighted by Gasteiger charge is -2.33. The Morgan fingerprint density at radius 1 is 1.16 bits per heavy atom. The Morgan fingerprint density at radius 3 is 2.44 bits per heavy atom. The molecule has 2 aromatic rings. The Kier molecular flexibility index (Phi) is 6.99. The average Bonchev–Trinajstić information content (AvgIpc) is 2.73. The number of carbonyl (C=O) groups excluding carboxylic acids is 1. The molecule has 2 N–H and O–H groups in total. The summed E-state index contributed by atoms with van der Waals surface area (Å²) in [7, 11) is -3.84. The minimum atomic E-state index is -4.44. The van der Waals surface area contributed by atoms with Crippen LogP contribution < -0.4 is 10.9 Å². The zero-order valence-electron chi connectivity index (χ0n) is 17.8. The summed E-state index contributed by atoms with van der Waals surface area (Å²) in [6.45, 7) is 3.88. The van der Waals surface area contributed by atoms with Crippen molar-refractivity contribution in [2.45, 2.75) is 56.6 Å². The van der Waals surface area contributed by atoms with Crippen LogP contribution in [0, 0.1) is 5.92 Å². The molecule has 2 atom stereocenters. The Bertz CT molecular complexity index is 1160. The second-order valence-electron chi connectivity index (χ2n) is 7.86. The number of carbonyl (C=O) groups is 1. The van der Waals surface area contributed by atoms with Crippen LogP contribution in [-0.4, -0.2) is 48.9 Å². The Labute approximate surface area is 184 Å². The summed E-state index contributed by atoms with van der Waals surface area (Å²) >= 11 is 0. The molecule has 1 aliphatic rings. The lowest BCUT2D eigenvalue weighted by Crippen LogP contribution is -2.47. The van der Waals surface area contributed by atoms with Gasteiger partial charge in [0, 0.05) is 36.1 Å². The fraction of sp³-hybridized carbons (Fsp3) is 0.524. The number of nitrogens with zero attached hydrogens (tertiary/aromatic N) is 1. The van der Waals surface area contributed by atoms with Crippen molar-refractivity contribution in [3.8, 4) is 0 Å². The number of hydrogen-bond donors (Lipinski definition) is 2. The van der Waals surface area contributed by atoms with E-state index in [0.717, 1.165) is 6.07 Å². The summed E-state index contributed by atoms with van der Waals surface area (Å²) in [6, 6.07) is 3.86. The highest BCUT2D eigenvalue weighted by Gasteiger charge is 2.46. The molecule has 1 aromatic carbocycles. The molecule has 11 heteroatoms. The number of halogens is 3. The highest BCUT2D eigenvalue weighted by Crippen LogP contribution is 2.38. The first kappa shape index (κ1) is 24.2. The molecule has 1 aliphatic carbocycles. The number of nitrogens with one attached hydrogen (secondary N) is 2. The van der Waals surface area contributed by atoms with E-state index in [1.165, 1.54) is 22.5 Å². The number of fused-ring (bicyclic) bond motifs is 1. The van der Waals surface area contributed by atoms with Gasteiger partial charge in [0.2, 0.25) is 15.6 Å². The minimum Gasteiger partial charge on any atom is -0.349 e. The molecule has 0 spiro atoms. The summed E-state index contributed by atoms with van der Waals surface area (Å²) in [5.41, 5.74) is -0.554. The summed E-state index contributed by atoms with van der Waals surface area (Å²) in [6.07, 6.45) is -3.36. The minimum absolute atomic E-state index is 0.0689. The summed E-state index contributed by atoms with van der Waals surface area (Å²) < 4.78 is 67.2. The third-order valence-corrected chi connectivity index (χ3v) is 7.95. The number of rotatable bonds is 6.